The predicted octanol–water partition coefficient (Wildman–Crippen LogP) is 2.86. The van der Waals surface area contributed by atoms with Crippen molar-refractivity contribution < 1.29 is 9.53 Å². The number of hydrogen-bond donors (Lipinski definition) is 2. The Kier molecular flexibility index (Phi) is 5.01. The summed E-state index contributed by atoms with van der Waals surface area (Å²) in [6.45, 7) is 0.345. The number of nitrogens with two attached hydrogens (primary N) is 1. The maximum atomic E-state index is 12.5. The van der Waals surface area contributed by atoms with Crippen molar-refractivity contribution in [2.75, 3.05) is 12.4 Å². The van der Waals surface area contributed by atoms with Crippen molar-refractivity contribution in [1.82, 2.24) is 9.97 Å². The summed E-state index contributed by atoms with van der Waals surface area (Å²) in [6, 6.07) is 14.4. The zero-order valence-corrected chi connectivity index (χ0v) is 13.8. The summed E-state index contributed by atoms with van der Waals surface area (Å²) in [4.78, 5) is 21.0. The van der Waals surface area contributed by atoms with Gasteiger partial charge in [-0.2, -0.15) is 0 Å². The number of carbonyl (C=O) groups is 1. The normalized spacial score (nSPS) is 10.3. The minimum atomic E-state index is -0.196. The molecule has 6 nitrogen and oxygen atoms in total. The number of amides is 1. The Bertz CT molecular complexity index is 861. The van der Waals surface area contributed by atoms with Gasteiger partial charge in [0.15, 0.2) is 0 Å². The Morgan fingerprint density at radius 3 is 2.56 bits per heavy atom. The standard InChI is InChI=1S/C19H18N4O2/c1-25-17-7-5-15(6-8-17)23-19(24)14-4-2-3-13(9-14)18-12-21-16(10-20)11-22-18/h2-9,11-12H,10,20H2,1H3,(H,23,24). The maximum absolute atomic E-state index is 12.5. The first-order valence-electron chi connectivity index (χ1n) is 7.76. The van der Waals surface area contributed by atoms with Crippen LogP contribution in [0.25, 0.3) is 11.3 Å². The SMILES string of the molecule is COc1ccc(NC(=O)c2cccc(-c3cnc(CN)cn3)c2)cc1. The van der Waals surface area contributed by atoms with Crippen LogP contribution in [0.1, 0.15) is 16.1 Å². The topological polar surface area (TPSA) is 90.1 Å². The van der Waals surface area contributed by atoms with Crippen LogP contribution in [-0.4, -0.2) is 23.0 Å². The van der Waals surface area contributed by atoms with Crippen molar-refractivity contribution in [3.63, 3.8) is 0 Å². The van der Waals surface area contributed by atoms with Crippen molar-refractivity contribution >= 4 is 11.6 Å². The lowest BCUT2D eigenvalue weighted by Crippen LogP contribution is -2.11. The maximum Gasteiger partial charge on any atom is 0.255 e. The molecule has 0 aliphatic rings. The second kappa shape index (κ2) is 7.55. The molecule has 126 valence electrons. The third kappa shape index (κ3) is 3.99. The number of hydrogen-bond acceptors (Lipinski definition) is 5. The fourth-order valence-corrected chi connectivity index (χ4v) is 2.31. The van der Waals surface area contributed by atoms with Gasteiger partial charge in [-0.3, -0.25) is 14.8 Å². The molecule has 3 aromatic rings. The fourth-order valence-electron chi connectivity index (χ4n) is 2.31. The number of anilines is 1. The van der Waals surface area contributed by atoms with E-state index in [1.165, 1.54) is 0 Å². The summed E-state index contributed by atoms with van der Waals surface area (Å²) in [5.74, 6) is 0.540. The molecule has 1 heterocycles. The third-order valence-electron chi connectivity index (χ3n) is 3.68. The molecule has 6 heteroatoms. The van der Waals surface area contributed by atoms with E-state index in [-0.39, 0.29) is 5.91 Å². The molecule has 3 N–H and O–H groups in total. The van der Waals surface area contributed by atoms with Crippen molar-refractivity contribution in [2.45, 2.75) is 6.54 Å². The molecule has 0 radical (unpaired) electrons. The van der Waals surface area contributed by atoms with Crippen LogP contribution in [0.2, 0.25) is 0 Å². The van der Waals surface area contributed by atoms with Crippen LogP contribution >= 0.6 is 0 Å². The van der Waals surface area contributed by atoms with Crippen molar-refractivity contribution in [2.24, 2.45) is 5.73 Å². The Balaban J connectivity index is 1.78. The summed E-state index contributed by atoms with van der Waals surface area (Å²) in [6.07, 6.45) is 3.29. The molecule has 0 atom stereocenters. The monoisotopic (exact) mass is 334 g/mol. The van der Waals surface area contributed by atoms with E-state index in [0.717, 1.165) is 17.0 Å². The molecule has 0 unspecified atom stereocenters. The van der Waals surface area contributed by atoms with E-state index >= 15 is 0 Å². The van der Waals surface area contributed by atoms with Crippen molar-refractivity contribution in [1.29, 1.82) is 0 Å². The molecule has 0 spiro atoms. The zero-order chi connectivity index (χ0) is 17.6. The highest BCUT2D eigenvalue weighted by Gasteiger charge is 2.09. The molecule has 0 aliphatic heterocycles. The highest BCUT2D eigenvalue weighted by molar-refractivity contribution is 6.04. The number of aromatic nitrogens is 2. The van der Waals surface area contributed by atoms with Crippen molar-refractivity contribution in [3.05, 3.63) is 72.2 Å². The first-order valence-corrected chi connectivity index (χ1v) is 7.76. The van der Waals surface area contributed by atoms with Gasteiger partial charge in [0.05, 0.1) is 30.9 Å². The van der Waals surface area contributed by atoms with E-state index in [4.69, 9.17) is 10.5 Å². The average molecular weight is 334 g/mol. The van der Waals surface area contributed by atoms with Gasteiger partial charge >= 0.3 is 0 Å². The lowest BCUT2D eigenvalue weighted by Gasteiger charge is -2.08. The van der Waals surface area contributed by atoms with Crippen LogP contribution in [0, 0.1) is 0 Å². The first-order chi connectivity index (χ1) is 12.2. The van der Waals surface area contributed by atoms with E-state index in [1.807, 2.05) is 12.1 Å². The Hall–Kier alpha value is -3.25. The quantitative estimate of drug-likeness (QED) is 0.749. The molecule has 0 fully saturated rings. The minimum absolute atomic E-state index is 0.196. The summed E-state index contributed by atoms with van der Waals surface area (Å²) in [5.41, 5.74) is 9.00. The summed E-state index contributed by atoms with van der Waals surface area (Å²) < 4.78 is 5.11. The van der Waals surface area contributed by atoms with Crippen molar-refractivity contribution in [3.8, 4) is 17.0 Å². The van der Waals surface area contributed by atoms with Gasteiger partial charge in [0.1, 0.15) is 5.75 Å². The third-order valence-corrected chi connectivity index (χ3v) is 3.68. The Labute approximate surface area is 145 Å². The van der Waals surface area contributed by atoms with E-state index in [9.17, 15) is 4.79 Å². The average Bonchev–Trinajstić information content (AvgIpc) is 2.68. The Morgan fingerprint density at radius 2 is 1.92 bits per heavy atom. The van der Waals surface area contributed by atoms with E-state index in [0.29, 0.717) is 23.5 Å². The van der Waals surface area contributed by atoms with Crippen LogP contribution in [-0.2, 0) is 6.54 Å². The zero-order valence-electron chi connectivity index (χ0n) is 13.8. The fraction of sp³-hybridized carbons (Fsp3) is 0.105. The molecule has 0 saturated carbocycles. The van der Waals surface area contributed by atoms with Crippen LogP contribution in [0.3, 0.4) is 0 Å². The van der Waals surface area contributed by atoms with Gasteiger partial charge < -0.3 is 15.8 Å². The second-order valence-electron chi connectivity index (χ2n) is 5.36. The number of methoxy groups -OCH3 is 1. The van der Waals surface area contributed by atoms with Gasteiger partial charge in [-0.05, 0) is 36.4 Å². The van der Waals surface area contributed by atoms with Crippen LogP contribution in [0.15, 0.2) is 60.9 Å². The number of nitrogens with zero attached hydrogens (tertiary/aromatic N) is 2. The molecule has 1 amide bonds. The number of carbonyl (C=O) groups excluding carboxylic acids is 1. The van der Waals surface area contributed by atoms with Crippen LogP contribution in [0.4, 0.5) is 5.69 Å². The van der Waals surface area contributed by atoms with Gasteiger partial charge in [-0.25, -0.2) is 0 Å². The molecule has 3 rings (SSSR count). The molecule has 0 aliphatic carbocycles. The van der Waals surface area contributed by atoms with Gasteiger partial charge in [-0.1, -0.05) is 12.1 Å². The molecule has 25 heavy (non-hydrogen) atoms. The predicted molar refractivity (Wildman–Crippen MR) is 96.3 cm³/mol. The highest BCUT2D eigenvalue weighted by Crippen LogP contribution is 2.19. The molecular weight excluding hydrogens is 316 g/mol. The van der Waals surface area contributed by atoms with Gasteiger partial charge in [-0.15, -0.1) is 0 Å². The number of nitrogens with one attached hydrogen (secondary N) is 1. The van der Waals surface area contributed by atoms with E-state index in [2.05, 4.69) is 15.3 Å². The van der Waals surface area contributed by atoms with E-state index in [1.54, 1.807) is 55.9 Å². The molecular formula is C19H18N4O2. The molecule has 0 bridgehead atoms. The minimum Gasteiger partial charge on any atom is -0.497 e. The van der Waals surface area contributed by atoms with Gasteiger partial charge in [0, 0.05) is 23.4 Å². The summed E-state index contributed by atoms with van der Waals surface area (Å²) >= 11 is 0. The highest BCUT2D eigenvalue weighted by atomic mass is 16.5. The summed E-state index contributed by atoms with van der Waals surface area (Å²) in [7, 11) is 1.60. The smallest absolute Gasteiger partial charge is 0.255 e. The number of benzene rings is 2. The van der Waals surface area contributed by atoms with Gasteiger partial charge in [0.2, 0.25) is 0 Å². The lowest BCUT2D eigenvalue weighted by atomic mass is 10.1. The lowest BCUT2D eigenvalue weighted by molar-refractivity contribution is 0.102. The second-order valence-corrected chi connectivity index (χ2v) is 5.36. The Morgan fingerprint density at radius 1 is 1.12 bits per heavy atom. The largest absolute Gasteiger partial charge is 0.497 e. The van der Waals surface area contributed by atoms with Gasteiger partial charge in [0.25, 0.3) is 5.91 Å². The summed E-state index contributed by atoms with van der Waals surface area (Å²) in [5, 5.41) is 2.86. The molecule has 2 aromatic carbocycles. The first kappa shape index (κ1) is 16.6. The van der Waals surface area contributed by atoms with Crippen LogP contribution in [0.5, 0.6) is 5.75 Å². The van der Waals surface area contributed by atoms with E-state index < -0.39 is 0 Å². The number of rotatable bonds is 5. The van der Waals surface area contributed by atoms with Crippen LogP contribution < -0.4 is 15.8 Å². The number of ether oxygens (including phenoxy) is 1. The molecule has 1 aromatic heterocycles. The molecule has 0 saturated heterocycles.